The van der Waals surface area contributed by atoms with Crippen molar-refractivity contribution in [2.24, 2.45) is 4.99 Å². The summed E-state index contributed by atoms with van der Waals surface area (Å²) in [6.45, 7) is 0.764. The van der Waals surface area contributed by atoms with Gasteiger partial charge < -0.3 is 9.84 Å². The Balaban J connectivity index is 0.000000132. The lowest BCUT2D eigenvalue weighted by atomic mass is 10.3. The summed E-state index contributed by atoms with van der Waals surface area (Å²) in [5.74, 6) is 0.322. The van der Waals surface area contributed by atoms with Gasteiger partial charge >= 0.3 is 0 Å². The number of aromatic hydroxyl groups is 1. The molecule has 1 aliphatic rings. The number of nitrogens with zero attached hydrogens (tertiary/aromatic N) is 1. The molecule has 1 N–H and O–H groups in total. The molecule has 68 valence electrons. The first-order chi connectivity index (χ1) is 6.39. The maximum absolute atomic E-state index is 8.63. The van der Waals surface area contributed by atoms with E-state index in [4.69, 9.17) is 5.11 Å². The summed E-state index contributed by atoms with van der Waals surface area (Å²) in [6, 6.07) is 8.71. The first-order valence-electron chi connectivity index (χ1n) is 3.92. The van der Waals surface area contributed by atoms with Crippen LogP contribution in [-0.2, 0) is 4.74 Å². The zero-order chi connectivity index (χ0) is 9.36. The minimum atomic E-state index is 0.322. The number of para-hydroxylation sites is 1. The molecular weight excluding hydrogens is 166 g/mol. The van der Waals surface area contributed by atoms with Gasteiger partial charge in [-0.15, -0.1) is 0 Å². The predicted molar refractivity (Wildman–Crippen MR) is 51.7 cm³/mol. The van der Waals surface area contributed by atoms with Gasteiger partial charge in [0.25, 0.3) is 0 Å². The van der Waals surface area contributed by atoms with E-state index in [-0.39, 0.29) is 0 Å². The van der Waals surface area contributed by atoms with Gasteiger partial charge in [0.1, 0.15) is 5.75 Å². The third kappa shape index (κ3) is 4.63. The SMILES string of the molecule is C1=COC=NC1.Oc1ccccc1. The Morgan fingerprint density at radius 1 is 1.23 bits per heavy atom. The molecule has 0 bridgehead atoms. The molecule has 1 heterocycles. The van der Waals surface area contributed by atoms with Crippen LogP contribution >= 0.6 is 0 Å². The highest BCUT2D eigenvalue weighted by molar-refractivity contribution is 5.48. The summed E-state index contributed by atoms with van der Waals surface area (Å²) in [5, 5.41) is 8.63. The van der Waals surface area contributed by atoms with Gasteiger partial charge in [0, 0.05) is 0 Å². The molecule has 0 atom stereocenters. The fourth-order valence-corrected chi connectivity index (χ4v) is 0.709. The number of phenolic OH excluding ortho intramolecular Hbond substituents is 1. The molecule has 1 aromatic carbocycles. The molecule has 1 aromatic rings. The van der Waals surface area contributed by atoms with Gasteiger partial charge in [-0.25, -0.2) is 0 Å². The first-order valence-corrected chi connectivity index (χ1v) is 3.92. The van der Waals surface area contributed by atoms with Crippen LogP contribution in [0.5, 0.6) is 5.75 Å². The highest BCUT2D eigenvalue weighted by atomic mass is 16.5. The second-order valence-corrected chi connectivity index (χ2v) is 2.31. The van der Waals surface area contributed by atoms with Gasteiger partial charge in [-0.1, -0.05) is 18.2 Å². The normalized spacial score (nSPS) is 12.6. The van der Waals surface area contributed by atoms with Crippen molar-refractivity contribution in [2.45, 2.75) is 0 Å². The molecule has 0 aromatic heterocycles. The standard InChI is InChI=1S/C6H6O.C4H5NO/c7-6-4-2-1-3-5-6;1-2-5-4-6-3-1/h1-5,7H;1,3-4H,2H2. The van der Waals surface area contributed by atoms with E-state index in [1.54, 1.807) is 30.5 Å². The van der Waals surface area contributed by atoms with E-state index in [1.807, 2.05) is 12.1 Å². The minimum absolute atomic E-state index is 0.322. The zero-order valence-corrected chi connectivity index (χ0v) is 7.13. The van der Waals surface area contributed by atoms with Crippen LogP contribution in [0.3, 0.4) is 0 Å². The second kappa shape index (κ2) is 5.83. The Kier molecular flexibility index (Phi) is 4.18. The van der Waals surface area contributed by atoms with Crippen LogP contribution in [0.1, 0.15) is 0 Å². The summed E-state index contributed by atoms with van der Waals surface area (Å²) in [6.07, 6.45) is 4.90. The Bertz CT molecular complexity index is 260. The number of hydrogen-bond donors (Lipinski definition) is 1. The zero-order valence-electron chi connectivity index (χ0n) is 7.13. The lowest BCUT2D eigenvalue weighted by Gasteiger charge is -1.91. The van der Waals surface area contributed by atoms with E-state index in [9.17, 15) is 0 Å². The van der Waals surface area contributed by atoms with Crippen molar-refractivity contribution >= 4 is 6.40 Å². The number of ether oxygens (including phenoxy) is 1. The summed E-state index contributed by atoms with van der Waals surface area (Å²) < 4.78 is 4.60. The number of hydrogen-bond acceptors (Lipinski definition) is 3. The molecule has 0 saturated heterocycles. The Morgan fingerprint density at radius 2 is 2.00 bits per heavy atom. The van der Waals surface area contributed by atoms with Gasteiger partial charge in [-0.05, 0) is 18.2 Å². The molecule has 0 aliphatic carbocycles. The molecule has 0 unspecified atom stereocenters. The molecule has 0 fully saturated rings. The monoisotopic (exact) mass is 177 g/mol. The fourth-order valence-electron chi connectivity index (χ4n) is 0.709. The summed E-state index contributed by atoms with van der Waals surface area (Å²) >= 11 is 0. The van der Waals surface area contributed by atoms with E-state index in [0.717, 1.165) is 6.54 Å². The largest absolute Gasteiger partial charge is 0.508 e. The van der Waals surface area contributed by atoms with Crippen molar-refractivity contribution in [3.63, 3.8) is 0 Å². The van der Waals surface area contributed by atoms with E-state index in [1.165, 1.54) is 6.40 Å². The van der Waals surface area contributed by atoms with Gasteiger partial charge in [0.15, 0.2) is 6.40 Å². The van der Waals surface area contributed by atoms with Gasteiger partial charge in [-0.2, -0.15) is 0 Å². The molecule has 3 heteroatoms. The smallest absolute Gasteiger partial charge is 0.176 e. The molecule has 2 rings (SSSR count). The number of phenols is 1. The lowest BCUT2D eigenvalue weighted by molar-refractivity contribution is 0.475. The quantitative estimate of drug-likeness (QED) is 0.658. The van der Waals surface area contributed by atoms with Gasteiger partial charge in [-0.3, -0.25) is 4.99 Å². The average molecular weight is 177 g/mol. The highest BCUT2D eigenvalue weighted by Gasteiger charge is 1.76. The number of benzene rings is 1. The molecule has 0 radical (unpaired) electrons. The van der Waals surface area contributed by atoms with Crippen molar-refractivity contribution in [1.29, 1.82) is 0 Å². The van der Waals surface area contributed by atoms with Crippen LogP contribution in [0.15, 0.2) is 47.7 Å². The predicted octanol–water partition coefficient (Wildman–Crippen LogP) is 1.95. The molecule has 0 spiro atoms. The molecular formula is C10H11NO2. The summed E-state index contributed by atoms with van der Waals surface area (Å²) in [7, 11) is 0. The fraction of sp³-hybridized carbons (Fsp3) is 0.100. The Hall–Kier alpha value is -1.77. The molecule has 3 nitrogen and oxygen atoms in total. The van der Waals surface area contributed by atoms with Gasteiger partial charge in [0.05, 0.1) is 12.8 Å². The van der Waals surface area contributed by atoms with Crippen LogP contribution in [-0.4, -0.2) is 18.1 Å². The maximum atomic E-state index is 8.63. The van der Waals surface area contributed by atoms with Crippen LogP contribution in [0.25, 0.3) is 0 Å². The second-order valence-electron chi connectivity index (χ2n) is 2.31. The lowest BCUT2D eigenvalue weighted by Crippen LogP contribution is -1.84. The van der Waals surface area contributed by atoms with Crippen LogP contribution in [0, 0.1) is 0 Å². The molecule has 13 heavy (non-hydrogen) atoms. The maximum Gasteiger partial charge on any atom is 0.176 e. The molecule has 0 amide bonds. The van der Waals surface area contributed by atoms with Crippen molar-refractivity contribution in [1.82, 2.24) is 0 Å². The van der Waals surface area contributed by atoms with Crippen LogP contribution in [0.4, 0.5) is 0 Å². The van der Waals surface area contributed by atoms with E-state index in [2.05, 4.69) is 9.73 Å². The van der Waals surface area contributed by atoms with Crippen LogP contribution < -0.4 is 0 Å². The minimum Gasteiger partial charge on any atom is -0.508 e. The average Bonchev–Trinajstić information content (AvgIpc) is 2.22. The number of rotatable bonds is 0. The Morgan fingerprint density at radius 3 is 2.23 bits per heavy atom. The van der Waals surface area contributed by atoms with E-state index >= 15 is 0 Å². The molecule has 1 aliphatic heterocycles. The van der Waals surface area contributed by atoms with E-state index in [0.29, 0.717) is 5.75 Å². The Labute approximate surface area is 77.0 Å². The molecule has 0 saturated carbocycles. The topological polar surface area (TPSA) is 41.8 Å². The first kappa shape index (κ1) is 9.32. The van der Waals surface area contributed by atoms with Crippen molar-refractivity contribution in [3.8, 4) is 5.75 Å². The summed E-state index contributed by atoms with van der Waals surface area (Å²) in [5.41, 5.74) is 0. The van der Waals surface area contributed by atoms with Crippen molar-refractivity contribution < 1.29 is 9.84 Å². The third-order valence-electron chi connectivity index (χ3n) is 1.28. The van der Waals surface area contributed by atoms with Crippen molar-refractivity contribution in [2.75, 3.05) is 6.54 Å². The number of aliphatic imine (C=N–C) groups is 1. The van der Waals surface area contributed by atoms with E-state index < -0.39 is 0 Å². The summed E-state index contributed by atoms with van der Waals surface area (Å²) in [4.78, 5) is 3.74. The highest BCUT2D eigenvalue weighted by Crippen LogP contribution is 2.02. The van der Waals surface area contributed by atoms with Gasteiger partial charge in [0.2, 0.25) is 0 Å². The van der Waals surface area contributed by atoms with Crippen molar-refractivity contribution in [3.05, 3.63) is 42.7 Å². The van der Waals surface area contributed by atoms with Crippen LogP contribution in [0.2, 0.25) is 0 Å². The third-order valence-corrected chi connectivity index (χ3v) is 1.28.